The minimum absolute atomic E-state index is 0.0340. The number of aryl methyl sites for hydroxylation is 2. The number of nitrogens with zero attached hydrogens (tertiary/aromatic N) is 2. The first kappa shape index (κ1) is 26.1. The molecule has 0 aliphatic carbocycles. The molecule has 2 atom stereocenters. The number of pyridine rings is 1. The summed E-state index contributed by atoms with van der Waals surface area (Å²) >= 11 is 0. The van der Waals surface area contributed by atoms with Crippen LogP contribution in [-0.2, 0) is 31.9 Å². The first-order valence-electron chi connectivity index (χ1n) is 13.3. The second kappa shape index (κ2) is 11.5. The molecule has 0 amide bonds. The molecule has 38 heavy (non-hydrogen) atoms. The molecule has 3 heterocycles. The number of aromatic nitrogens is 1. The molecule has 3 aromatic rings. The van der Waals surface area contributed by atoms with E-state index in [0.717, 1.165) is 55.2 Å². The lowest BCUT2D eigenvalue weighted by Gasteiger charge is -2.48. The van der Waals surface area contributed by atoms with Crippen LogP contribution < -0.4 is 4.74 Å². The van der Waals surface area contributed by atoms with Crippen LogP contribution in [-0.4, -0.2) is 59.6 Å². The normalized spacial score (nSPS) is 21.0. The molecule has 8 heteroatoms. The highest BCUT2D eigenvalue weighted by Gasteiger charge is 2.61. The molecule has 1 aromatic heterocycles. The third-order valence-corrected chi connectivity index (χ3v) is 7.89. The number of hydrogen-bond acceptors (Lipinski definition) is 8. The van der Waals surface area contributed by atoms with E-state index in [0.29, 0.717) is 13.1 Å². The molecule has 0 saturated carbocycles. The molecule has 1 spiro atoms. The van der Waals surface area contributed by atoms with Crippen molar-refractivity contribution in [3.05, 3.63) is 71.9 Å². The average Bonchev–Trinajstić information content (AvgIpc) is 3.24. The van der Waals surface area contributed by atoms with Gasteiger partial charge in [-0.25, -0.2) is 14.5 Å². The zero-order valence-electron chi connectivity index (χ0n) is 21.7. The molecular weight excluding hydrogens is 484 g/mol. The largest absolute Gasteiger partial charge is 0.497 e. The molecule has 2 saturated heterocycles. The van der Waals surface area contributed by atoms with Crippen LogP contribution >= 0.6 is 0 Å². The third-order valence-electron chi connectivity index (χ3n) is 7.89. The van der Waals surface area contributed by atoms with Gasteiger partial charge in [-0.1, -0.05) is 30.3 Å². The predicted octanol–water partition coefficient (Wildman–Crippen LogP) is 3.88. The molecule has 2 aromatic carbocycles. The van der Waals surface area contributed by atoms with E-state index in [-0.39, 0.29) is 12.5 Å². The van der Waals surface area contributed by atoms with Crippen LogP contribution in [0.5, 0.6) is 5.75 Å². The maximum absolute atomic E-state index is 12.2. The van der Waals surface area contributed by atoms with Gasteiger partial charge in [0.2, 0.25) is 0 Å². The van der Waals surface area contributed by atoms with E-state index in [1.807, 2.05) is 53.6 Å². The van der Waals surface area contributed by atoms with Gasteiger partial charge < -0.3 is 19.3 Å². The minimum Gasteiger partial charge on any atom is -0.497 e. The highest BCUT2D eigenvalue weighted by molar-refractivity contribution is 6.31. The zero-order chi connectivity index (χ0) is 26.5. The van der Waals surface area contributed by atoms with Crippen molar-refractivity contribution < 1.29 is 28.9 Å². The Hall–Kier alpha value is -3.49. The number of esters is 2. The molecule has 0 bridgehead atoms. The molecule has 2 aliphatic rings. The van der Waals surface area contributed by atoms with Crippen LogP contribution in [0.3, 0.4) is 0 Å². The number of ether oxygens (including phenoxy) is 3. The first-order valence-corrected chi connectivity index (χ1v) is 13.3. The zero-order valence-corrected chi connectivity index (χ0v) is 21.7. The van der Waals surface area contributed by atoms with Crippen LogP contribution in [0.15, 0.2) is 60.8 Å². The molecular formula is C30H34N2O6. The van der Waals surface area contributed by atoms with Crippen LogP contribution in [0.4, 0.5) is 0 Å². The Labute approximate surface area is 222 Å². The van der Waals surface area contributed by atoms with Crippen molar-refractivity contribution in [2.24, 2.45) is 11.8 Å². The highest BCUT2D eigenvalue weighted by atomic mass is 16.8. The highest BCUT2D eigenvalue weighted by Crippen LogP contribution is 2.44. The van der Waals surface area contributed by atoms with Crippen LogP contribution in [0, 0.1) is 11.8 Å². The summed E-state index contributed by atoms with van der Waals surface area (Å²) in [6.07, 6.45) is 6.79. The molecule has 0 radical (unpaired) electrons. The quantitative estimate of drug-likeness (QED) is 0.319. The predicted molar refractivity (Wildman–Crippen MR) is 141 cm³/mol. The fourth-order valence-electron chi connectivity index (χ4n) is 5.94. The smallest absolute Gasteiger partial charge is 0.421 e. The van der Waals surface area contributed by atoms with E-state index < -0.39 is 23.8 Å². The maximum Gasteiger partial charge on any atom is 0.421 e. The molecule has 2 fully saturated rings. The molecule has 2 aliphatic heterocycles. The fraction of sp³-hybridized carbons (Fsp3) is 0.433. The fourth-order valence-corrected chi connectivity index (χ4v) is 5.94. The Kier molecular flexibility index (Phi) is 7.90. The van der Waals surface area contributed by atoms with E-state index in [4.69, 9.17) is 14.2 Å². The number of likely N-dealkylation sites (tertiary alicyclic amines) is 1. The topological polar surface area (TPSA) is 98.2 Å². The Bertz CT molecular complexity index is 1260. The summed E-state index contributed by atoms with van der Waals surface area (Å²) in [5.41, 5.74) is 3.32. The lowest BCUT2D eigenvalue weighted by Crippen LogP contribution is -2.62. The summed E-state index contributed by atoms with van der Waals surface area (Å²) in [4.78, 5) is 30.8. The summed E-state index contributed by atoms with van der Waals surface area (Å²) in [5.74, 6) is -3.22. The van der Waals surface area contributed by atoms with Crippen LogP contribution in [0.1, 0.15) is 36.8 Å². The monoisotopic (exact) mass is 518 g/mol. The van der Waals surface area contributed by atoms with Gasteiger partial charge in [0.1, 0.15) is 5.75 Å². The summed E-state index contributed by atoms with van der Waals surface area (Å²) in [7, 11) is 1.65. The van der Waals surface area contributed by atoms with Crippen molar-refractivity contribution >= 4 is 22.8 Å². The number of methoxy groups -OCH3 is 1. The molecule has 200 valence electrons. The van der Waals surface area contributed by atoms with Gasteiger partial charge in [-0.3, -0.25) is 4.98 Å². The van der Waals surface area contributed by atoms with Gasteiger partial charge in [0.25, 0.3) is 0 Å². The first-order chi connectivity index (χ1) is 18.5. The van der Waals surface area contributed by atoms with E-state index in [1.165, 1.54) is 11.1 Å². The van der Waals surface area contributed by atoms with Crippen molar-refractivity contribution in [2.45, 2.75) is 44.4 Å². The summed E-state index contributed by atoms with van der Waals surface area (Å²) in [5, 5.41) is 11.5. The van der Waals surface area contributed by atoms with E-state index in [9.17, 15) is 14.7 Å². The average molecular weight is 519 g/mol. The second-order valence-corrected chi connectivity index (χ2v) is 10.1. The standard InChI is InChI=1S/C30H34N2O6/c1-36-24-12-13-27-25(19-24)22(14-16-31-27)10-5-11-23-15-18-32(17-6-9-21-7-3-2-4-8-21)30(26(23)20-33)37-28(34)29(35)38-30/h2-4,7-8,12-14,16,19,23,26,33H,5-6,9-11,15,17-18,20H2,1H3/t23-,26+/m1/s1. The second-order valence-electron chi connectivity index (χ2n) is 10.1. The molecule has 8 nitrogen and oxygen atoms in total. The van der Waals surface area contributed by atoms with Gasteiger partial charge in [-0.15, -0.1) is 0 Å². The van der Waals surface area contributed by atoms with E-state index >= 15 is 0 Å². The van der Waals surface area contributed by atoms with Crippen molar-refractivity contribution in [1.82, 2.24) is 9.88 Å². The number of fused-ring (bicyclic) bond motifs is 1. The number of hydrogen-bond donors (Lipinski definition) is 1. The van der Waals surface area contributed by atoms with Gasteiger partial charge >= 0.3 is 17.8 Å². The van der Waals surface area contributed by atoms with Gasteiger partial charge in [0, 0.05) is 24.7 Å². The molecule has 5 rings (SSSR count). The Balaban J connectivity index is 1.28. The Morgan fingerprint density at radius 3 is 2.58 bits per heavy atom. The van der Waals surface area contributed by atoms with E-state index in [2.05, 4.69) is 17.1 Å². The summed E-state index contributed by atoms with van der Waals surface area (Å²) < 4.78 is 16.7. The number of aliphatic hydroxyl groups is 1. The van der Waals surface area contributed by atoms with Gasteiger partial charge in [0.05, 0.1) is 25.2 Å². The van der Waals surface area contributed by atoms with Gasteiger partial charge in [-0.05, 0) is 79.8 Å². The number of benzene rings is 2. The number of carbonyl (C=O) groups is 2. The van der Waals surface area contributed by atoms with Crippen molar-refractivity contribution in [3.8, 4) is 5.75 Å². The lowest BCUT2D eigenvalue weighted by molar-refractivity contribution is -0.306. The van der Waals surface area contributed by atoms with E-state index in [1.54, 1.807) is 7.11 Å². The van der Waals surface area contributed by atoms with Crippen molar-refractivity contribution in [2.75, 3.05) is 26.8 Å². The Morgan fingerprint density at radius 1 is 1.05 bits per heavy atom. The number of rotatable bonds is 10. The van der Waals surface area contributed by atoms with Crippen LogP contribution in [0.2, 0.25) is 0 Å². The van der Waals surface area contributed by atoms with Crippen molar-refractivity contribution in [1.29, 1.82) is 0 Å². The van der Waals surface area contributed by atoms with Crippen LogP contribution in [0.25, 0.3) is 10.9 Å². The van der Waals surface area contributed by atoms with Crippen molar-refractivity contribution in [3.63, 3.8) is 0 Å². The maximum atomic E-state index is 12.2. The summed E-state index contributed by atoms with van der Waals surface area (Å²) in [6.45, 7) is 0.964. The number of carbonyl (C=O) groups excluding carboxylic acids is 2. The summed E-state index contributed by atoms with van der Waals surface area (Å²) in [6, 6.07) is 18.1. The SMILES string of the molecule is COc1ccc2nccc(CCC[C@@H]3CCN(CCCc4ccccc4)C4(OC(=O)C(=O)O4)[C@H]3CO)c2c1. The lowest BCUT2D eigenvalue weighted by atomic mass is 9.79. The number of aliphatic hydroxyl groups excluding tert-OH is 1. The molecule has 1 N–H and O–H groups in total. The molecule has 0 unspecified atom stereocenters. The Morgan fingerprint density at radius 2 is 1.84 bits per heavy atom. The number of piperidine rings is 1. The minimum atomic E-state index is -1.54. The van der Waals surface area contributed by atoms with Gasteiger partial charge in [0.15, 0.2) is 0 Å². The third kappa shape index (κ3) is 5.24. The van der Waals surface area contributed by atoms with Gasteiger partial charge in [-0.2, -0.15) is 0 Å².